The van der Waals surface area contributed by atoms with Crippen LogP contribution in [0.25, 0.3) is 11.1 Å². The van der Waals surface area contributed by atoms with Gasteiger partial charge in [0, 0.05) is 12.0 Å². The summed E-state index contributed by atoms with van der Waals surface area (Å²) in [4.78, 5) is 35.4. The van der Waals surface area contributed by atoms with Gasteiger partial charge in [-0.1, -0.05) is 68.3 Å². The van der Waals surface area contributed by atoms with E-state index in [0.717, 1.165) is 22.3 Å². The van der Waals surface area contributed by atoms with E-state index in [2.05, 4.69) is 34.6 Å². The predicted octanol–water partition coefficient (Wildman–Crippen LogP) is 3.39. The molecule has 0 aliphatic heterocycles. The van der Waals surface area contributed by atoms with Gasteiger partial charge in [0.2, 0.25) is 0 Å². The summed E-state index contributed by atoms with van der Waals surface area (Å²) in [6.07, 6.45) is -0.620. The normalized spacial score (nSPS) is 13.7. The molecule has 0 bridgehead atoms. The van der Waals surface area contributed by atoms with Crippen LogP contribution in [0.4, 0.5) is 4.79 Å². The molecule has 0 fully saturated rings. The number of carboxylic acid groups (broad SMARTS) is 1. The number of aliphatic carboxylic acids is 1. The van der Waals surface area contributed by atoms with Crippen molar-refractivity contribution < 1.29 is 24.2 Å². The topological polar surface area (TPSA) is 105 Å². The molecule has 2 aromatic rings. The number of benzene rings is 2. The zero-order valence-corrected chi connectivity index (χ0v) is 18.9. The first-order chi connectivity index (χ1) is 15.8. The summed E-state index contributed by atoms with van der Waals surface area (Å²) in [6.45, 7) is 5.33. The molecule has 2 atom stereocenters. The first kappa shape index (κ1) is 23.9. The molecule has 172 valence electrons. The number of hydrogen-bond donors (Lipinski definition) is 3. The highest BCUT2D eigenvalue weighted by Gasteiger charge is 2.29. The summed E-state index contributed by atoms with van der Waals surface area (Å²) in [7, 11) is 0. The monoisotopic (exact) mass is 448 g/mol. The number of fused-ring (bicyclic) bond motifs is 3. The number of carbonyl (C=O) groups is 3. The highest BCUT2D eigenvalue weighted by molar-refractivity contribution is 5.94. The van der Waals surface area contributed by atoms with Gasteiger partial charge in [-0.15, -0.1) is 0 Å². The largest absolute Gasteiger partial charge is 0.481 e. The number of hydrogen-bond acceptors (Lipinski definition) is 4. The van der Waals surface area contributed by atoms with Gasteiger partial charge in [-0.2, -0.15) is 0 Å². The Labute approximate surface area is 193 Å². The number of alkyl carbamates (subject to hydrolysis) is 1. The van der Waals surface area contributed by atoms with E-state index in [4.69, 9.17) is 4.74 Å². The van der Waals surface area contributed by atoms with E-state index in [1.807, 2.05) is 36.4 Å². The molecule has 0 saturated heterocycles. The maximum atomic E-state index is 12.1. The second kappa shape index (κ2) is 10.7. The van der Waals surface area contributed by atoms with Crippen LogP contribution in [0.5, 0.6) is 0 Å². The molecule has 1 aliphatic rings. The molecule has 3 rings (SSSR count). The Morgan fingerprint density at radius 1 is 1.00 bits per heavy atom. The lowest BCUT2D eigenvalue weighted by atomic mass is 9.89. The second-order valence-electron chi connectivity index (χ2n) is 8.35. The van der Waals surface area contributed by atoms with Crippen LogP contribution in [-0.4, -0.2) is 42.3 Å². The third-order valence-corrected chi connectivity index (χ3v) is 5.77. The molecule has 0 heterocycles. The fourth-order valence-corrected chi connectivity index (χ4v) is 4.30. The highest BCUT2D eigenvalue weighted by atomic mass is 16.5. The summed E-state index contributed by atoms with van der Waals surface area (Å²) in [5.41, 5.74) is 4.54. The Hall–Kier alpha value is -3.79. The zero-order chi connectivity index (χ0) is 24.0. The second-order valence-corrected chi connectivity index (χ2v) is 8.35. The van der Waals surface area contributed by atoms with Crippen molar-refractivity contribution in [2.24, 2.45) is 11.8 Å². The summed E-state index contributed by atoms with van der Waals surface area (Å²) >= 11 is 0. The van der Waals surface area contributed by atoms with E-state index in [1.165, 1.54) is 0 Å². The fourth-order valence-electron chi connectivity index (χ4n) is 4.30. The van der Waals surface area contributed by atoms with Crippen molar-refractivity contribution in [3.8, 4) is 23.0 Å². The number of ether oxygens (including phenoxy) is 1. The lowest BCUT2D eigenvalue weighted by Crippen LogP contribution is -2.43. The summed E-state index contributed by atoms with van der Waals surface area (Å²) < 4.78 is 5.41. The van der Waals surface area contributed by atoms with Gasteiger partial charge in [-0.3, -0.25) is 9.59 Å². The molecule has 0 saturated carbocycles. The maximum absolute atomic E-state index is 12.1. The standard InChI is InChI=1S/C26H28N2O5/c1-16(2)24(25(30)31)17(3)28-23(29)13-8-14-27-26(32)33-15-22-20-11-6-4-9-18(20)19-10-5-7-12-21(19)22/h4-7,9-12,16-17,22,24H,14-15H2,1-3H3,(H,27,32)(H,28,29)(H,30,31). The average molecular weight is 449 g/mol. The van der Waals surface area contributed by atoms with Crippen molar-refractivity contribution in [3.05, 3.63) is 59.7 Å². The first-order valence-corrected chi connectivity index (χ1v) is 10.9. The Morgan fingerprint density at radius 2 is 1.58 bits per heavy atom. The number of rotatable bonds is 7. The smallest absolute Gasteiger partial charge is 0.407 e. The van der Waals surface area contributed by atoms with Gasteiger partial charge < -0.3 is 20.5 Å². The Kier molecular flexibility index (Phi) is 7.73. The maximum Gasteiger partial charge on any atom is 0.407 e. The molecule has 33 heavy (non-hydrogen) atoms. The van der Waals surface area contributed by atoms with Crippen molar-refractivity contribution in [3.63, 3.8) is 0 Å². The minimum Gasteiger partial charge on any atom is -0.481 e. The van der Waals surface area contributed by atoms with E-state index < -0.39 is 29.9 Å². The van der Waals surface area contributed by atoms with E-state index >= 15 is 0 Å². The van der Waals surface area contributed by atoms with Crippen LogP contribution >= 0.6 is 0 Å². The van der Waals surface area contributed by atoms with E-state index in [1.54, 1.807) is 20.8 Å². The van der Waals surface area contributed by atoms with Gasteiger partial charge in [-0.25, -0.2) is 4.79 Å². The van der Waals surface area contributed by atoms with Crippen molar-refractivity contribution in [2.45, 2.75) is 32.7 Å². The number of carboxylic acids is 1. The molecule has 0 radical (unpaired) electrons. The van der Waals surface area contributed by atoms with E-state index in [9.17, 15) is 19.5 Å². The predicted molar refractivity (Wildman–Crippen MR) is 124 cm³/mol. The van der Waals surface area contributed by atoms with Gasteiger partial charge in [-0.05, 0) is 41.0 Å². The molecule has 7 nitrogen and oxygen atoms in total. The summed E-state index contributed by atoms with van der Waals surface area (Å²) in [5, 5.41) is 14.4. The lowest BCUT2D eigenvalue weighted by Gasteiger charge is -2.23. The SMILES string of the molecule is CC(C)C(C(=O)O)C(C)NC(=O)C#CCNC(=O)OCC1c2ccccc2-c2ccccc21. The highest BCUT2D eigenvalue weighted by Crippen LogP contribution is 2.44. The number of amides is 2. The minimum absolute atomic E-state index is 0.0374. The van der Waals surface area contributed by atoms with E-state index in [-0.39, 0.29) is 25.0 Å². The molecule has 1 aliphatic carbocycles. The van der Waals surface area contributed by atoms with Crippen LogP contribution in [0.15, 0.2) is 48.5 Å². The molecular weight excluding hydrogens is 420 g/mol. The van der Waals surface area contributed by atoms with Crippen LogP contribution in [0, 0.1) is 23.7 Å². The quantitative estimate of drug-likeness (QED) is 0.563. The van der Waals surface area contributed by atoms with Gasteiger partial charge in [0.05, 0.1) is 12.5 Å². The van der Waals surface area contributed by atoms with Crippen molar-refractivity contribution >= 4 is 18.0 Å². The minimum atomic E-state index is -0.970. The van der Waals surface area contributed by atoms with Gasteiger partial charge in [0.25, 0.3) is 5.91 Å². The van der Waals surface area contributed by atoms with Crippen LogP contribution in [0.2, 0.25) is 0 Å². The molecular formula is C26H28N2O5. The summed E-state index contributed by atoms with van der Waals surface area (Å²) in [5.74, 6) is 2.47. The fraction of sp³-hybridized carbons (Fsp3) is 0.346. The van der Waals surface area contributed by atoms with Crippen molar-refractivity contribution in [2.75, 3.05) is 13.2 Å². The Balaban J connectivity index is 1.48. The average Bonchev–Trinajstić information content (AvgIpc) is 3.08. The Bertz CT molecular complexity index is 1050. The van der Waals surface area contributed by atoms with Gasteiger partial charge >= 0.3 is 12.1 Å². The third-order valence-electron chi connectivity index (χ3n) is 5.77. The molecule has 2 aromatic carbocycles. The zero-order valence-electron chi connectivity index (χ0n) is 18.9. The first-order valence-electron chi connectivity index (χ1n) is 10.9. The molecule has 0 aromatic heterocycles. The molecule has 0 spiro atoms. The molecule has 7 heteroatoms. The van der Waals surface area contributed by atoms with Crippen LogP contribution < -0.4 is 10.6 Å². The number of nitrogens with one attached hydrogen (secondary N) is 2. The number of carbonyl (C=O) groups excluding carboxylic acids is 2. The van der Waals surface area contributed by atoms with Gasteiger partial charge in [0.1, 0.15) is 6.61 Å². The van der Waals surface area contributed by atoms with Gasteiger partial charge in [0.15, 0.2) is 0 Å². The molecule has 2 unspecified atom stereocenters. The van der Waals surface area contributed by atoms with Crippen LogP contribution in [0.1, 0.15) is 37.8 Å². The third kappa shape index (κ3) is 5.72. The molecule has 2 amide bonds. The summed E-state index contributed by atoms with van der Waals surface area (Å²) in [6, 6.07) is 15.6. The Morgan fingerprint density at radius 3 is 2.12 bits per heavy atom. The molecule has 3 N–H and O–H groups in total. The van der Waals surface area contributed by atoms with Crippen molar-refractivity contribution in [1.82, 2.24) is 10.6 Å². The van der Waals surface area contributed by atoms with E-state index in [0.29, 0.717) is 0 Å². The lowest BCUT2D eigenvalue weighted by molar-refractivity contribution is -0.144. The van der Waals surface area contributed by atoms with Crippen LogP contribution in [0.3, 0.4) is 0 Å². The van der Waals surface area contributed by atoms with Crippen LogP contribution in [-0.2, 0) is 14.3 Å². The van der Waals surface area contributed by atoms with Crippen molar-refractivity contribution in [1.29, 1.82) is 0 Å².